The number of fused-ring (bicyclic) bond motifs is 2. The van der Waals surface area contributed by atoms with E-state index in [0.29, 0.717) is 16.1 Å². The van der Waals surface area contributed by atoms with E-state index in [1.165, 1.54) is 4.68 Å². The average Bonchev–Trinajstić information content (AvgIpc) is 3.24. The molecule has 1 amide bonds. The van der Waals surface area contributed by atoms with E-state index in [1.54, 1.807) is 23.0 Å². The highest BCUT2D eigenvalue weighted by Gasteiger charge is 2.24. The Kier molecular flexibility index (Phi) is 10.9. The smallest absolute Gasteiger partial charge is 0.310 e. The van der Waals surface area contributed by atoms with Crippen molar-refractivity contribution in [3.8, 4) is 0 Å². The van der Waals surface area contributed by atoms with Gasteiger partial charge in [0.25, 0.3) is 5.91 Å². The van der Waals surface area contributed by atoms with E-state index in [-0.39, 0.29) is 25.7 Å². The Morgan fingerprint density at radius 2 is 1.62 bits per heavy atom. The fourth-order valence-corrected chi connectivity index (χ4v) is 3.01. The summed E-state index contributed by atoms with van der Waals surface area (Å²) >= 11 is 25.5. The molecule has 3 aromatic heterocycles. The second-order valence-corrected chi connectivity index (χ2v) is 13.4. The van der Waals surface area contributed by atoms with Gasteiger partial charge in [-0.3, -0.25) is 14.2 Å². The molecule has 0 fully saturated rings. The van der Waals surface area contributed by atoms with Gasteiger partial charge < -0.3 is 5.32 Å². The van der Waals surface area contributed by atoms with Crippen LogP contribution in [0.4, 0.5) is 5.82 Å². The Hall–Kier alpha value is -1.35. The SMILES string of the molecule is C.CCc1cnn2c(Cl)cc(Cl)nc12.CCc1cnn2c1NC(=O)CC2=O.O=P(Cl)(Cl)Cl. The Balaban J connectivity index is 0.000000259. The minimum absolute atomic E-state index is 0. The summed E-state index contributed by atoms with van der Waals surface area (Å²) in [5, 5.41) is 8.27. The number of carbonyl (C=O) groups is 2. The molecule has 0 radical (unpaired) electrons. The number of hydrogen-bond donors (Lipinski definition) is 1. The number of amides is 1. The highest BCUT2D eigenvalue weighted by molar-refractivity contribution is 8.24. The van der Waals surface area contributed by atoms with Gasteiger partial charge in [-0.25, -0.2) is 9.50 Å². The van der Waals surface area contributed by atoms with Gasteiger partial charge in [-0.05, 0) is 46.6 Å². The third kappa shape index (κ3) is 7.90. The summed E-state index contributed by atoms with van der Waals surface area (Å²) in [6, 6.07) is 1.57. The van der Waals surface area contributed by atoms with Crippen molar-refractivity contribution in [2.24, 2.45) is 0 Å². The minimum atomic E-state index is -3.22. The van der Waals surface area contributed by atoms with E-state index < -0.39 is 5.20 Å². The summed E-state index contributed by atoms with van der Waals surface area (Å²) in [5.41, 5.74) is 2.67. The van der Waals surface area contributed by atoms with Gasteiger partial charge in [0, 0.05) is 17.2 Å². The summed E-state index contributed by atoms with van der Waals surface area (Å²) in [6.07, 6.45) is 4.87. The van der Waals surface area contributed by atoms with Gasteiger partial charge >= 0.3 is 5.20 Å². The lowest BCUT2D eigenvalue weighted by Gasteiger charge is -2.13. The number of anilines is 1. The van der Waals surface area contributed by atoms with Crippen LogP contribution >= 0.6 is 62.1 Å². The first-order valence-electron chi connectivity index (χ1n) is 8.72. The van der Waals surface area contributed by atoms with Gasteiger partial charge in [-0.2, -0.15) is 14.9 Å². The molecular formula is C17H20Cl5N6O3P. The second-order valence-electron chi connectivity index (χ2n) is 5.96. The molecule has 0 spiro atoms. The first kappa shape index (κ1) is 28.7. The molecule has 4 rings (SSSR count). The van der Waals surface area contributed by atoms with E-state index in [9.17, 15) is 14.2 Å². The molecule has 0 saturated carbocycles. The Labute approximate surface area is 209 Å². The summed E-state index contributed by atoms with van der Waals surface area (Å²) in [4.78, 5) is 26.4. The highest BCUT2D eigenvalue weighted by atomic mass is 36.0. The standard InChI is InChI=1S/C8H7Cl2N3.C8H9N3O2.CH4.Cl3OP/c1-2-5-4-11-13-7(10)3-6(9)12-8(5)13;1-2-5-4-9-11-7(13)3-6(12)10-8(5)11;;1-5(2,3)4/h3-4H,2H2,1H3;4H,2-3H2,1H3,(H,10,12);1H4;. The molecule has 3 aromatic rings. The molecule has 1 aliphatic heterocycles. The highest BCUT2D eigenvalue weighted by Crippen LogP contribution is 2.61. The lowest BCUT2D eigenvalue weighted by molar-refractivity contribution is -0.115. The average molecular weight is 565 g/mol. The monoisotopic (exact) mass is 562 g/mol. The van der Waals surface area contributed by atoms with Crippen molar-refractivity contribution >= 4 is 85.4 Å². The fraction of sp³-hybridized carbons (Fsp3) is 0.353. The predicted octanol–water partition coefficient (Wildman–Crippen LogP) is 6.47. The van der Waals surface area contributed by atoms with Crippen LogP contribution < -0.4 is 5.32 Å². The zero-order chi connectivity index (χ0) is 23.3. The van der Waals surface area contributed by atoms with Crippen LogP contribution in [-0.2, 0) is 22.2 Å². The van der Waals surface area contributed by atoms with Crippen LogP contribution in [0.5, 0.6) is 0 Å². The Bertz CT molecular complexity index is 1150. The lowest BCUT2D eigenvalue weighted by atomic mass is 10.2. The van der Waals surface area contributed by atoms with Gasteiger partial charge in [0.2, 0.25) is 5.91 Å². The van der Waals surface area contributed by atoms with Crippen LogP contribution in [0.2, 0.25) is 10.3 Å². The summed E-state index contributed by atoms with van der Waals surface area (Å²) < 4.78 is 12.3. The molecule has 0 unspecified atom stereocenters. The van der Waals surface area contributed by atoms with Crippen molar-refractivity contribution in [3.05, 3.63) is 39.9 Å². The Morgan fingerprint density at radius 1 is 1.06 bits per heavy atom. The first-order valence-corrected chi connectivity index (χ1v) is 13.9. The van der Waals surface area contributed by atoms with E-state index in [0.717, 1.165) is 29.6 Å². The van der Waals surface area contributed by atoms with Gasteiger partial charge in [0.15, 0.2) is 5.65 Å². The molecule has 1 N–H and O–H groups in total. The maximum atomic E-state index is 11.3. The quantitative estimate of drug-likeness (QED) is 0.217. The molecule has 176 valence electrons. The topological polar surface area (TPSA) is 111 Å². The molecule has 4 heterocycles. The van der Waals surface area contributed by atoms with Gasteiger partial charge in [0.05, 0.1) is 12.4 Å². The minimum Gasteiger partial charge on any atom is -0.310 e. The third-order valence-electron chi connectivity index (χ3n) is 3.88. The molecule has 9 nitrogen and oxygen atoms in total. The van der Waals surface area contributed by atoms with Gasteiger partial charge in [0.1, 0.15) is 22.5 Å². The number of carbonyl (C=O) groups excluding carboxylic acids is 2. The lowest BCUT2D eigenvalue weighted by Crippen LogP contribution is -2.30. The maximum Gasteiger partial charge on any atom is 0.339 e. The van der Waals surface area contributed by atoms with Crippen LogP contribution in [0.3, 0.4) is 0 Å². The van der Waals surface area contributed by atoms with Crippen molar-refractivity contribution < 1.29 is 14.2 Å². The van der Waals surface area contributed by atoms with E-state index in [2.05, 4.69) is 54.2 Å². The normalized spacial score (nSPS) is 12.6. The zero-order valence-electron chi connectivity index (χ0n) is 16.2. The van der Waals surface area contributed by atoms with Crippen LogP contribution in [-0.4, -0.2) is 36.2 Å². The van der Waals surface area contributed by atoms with E-state index >= 15 is 0 Å². The molecule has 15 heteroatoms. The van der Waals surface area contributed by atoms with Crippen LogP contribution in [0.1, 0.15) is 43.6 Å². The summed E-state index contributed by atoms with van der Waals surface area (Å²) in [6.45, 7) is 3.98. The maximum absolute atomic E-state index is 11.3. The van der Waals surface area contributed by atoms with Gasteiger partial charge in [-0.15, -0.1) is 0 Å². The van der Waals surface area contributed by atoms with Crippen LogP contribution in [0.25, 0.3) is 5.65 Å². The fourth-order valence-electron chi connectivity index (χ4n) is 2.55. The molecule has 0 saturated heterocycles. The number of hydrogen-bond acceptors (Lipinski definition) is 6. The number of aromatic nitrogens is 5. The molecule has 0 bridgehead atoms. The van der Waals surface area contributed by atoms with Crippen LogP contribution in [0, 0.1) is 0 Å². The predicted molar refractivity (Wildman–Crippen MR) is 130 cm³/mol. The largest absolute Gasteiger partial charge is 0.339 e. The summed E-state index contributed by atoms with van der Waals surface area (Å²) in [5.74, 6) is 0.00917. The molecule has 0 aromatic carbocycles. The third-order valence-corrected chi connectivity index (χ3v) is 4.35. The van der Waals surface area contributed by atoms with Crippen molar-refractivity contribution in [2.75, 3.05) is 5.32 Å². The zero-order valence-corrected chi connectivity index (χ0v) is 20.8. The molecular weight excluding hydrogens is 544 g/mol. The summed E-state index contributed by atoms with van der Waals surface area (Å²) in [7, 11) is 0. The van der Waals surface area contributed by atoms with Crippen molar-refractivity contribution in [3.63, 3.8) is 0 Å². The van der Waals surface area contributed by atoms with Crippen molar-refractivity contribution in [1.29, 1.82) is 0 Å². The first-order chi connectivity index (χ1) is 14.4. The second kappa shape index (κ2) is 12.2. The number of nitrogens with zero attached hydrogens (tertiary/aromatic N) is 5. The van der Waals surface area contributed by atoms with Crippen molar-refractivity contribution in [1.82, 2.24) is 24.4 Å². The van der Waals surface area contributed by atoms with Crippen molar-refractivity contribution in [2.45, 2.75) is 40.5 Å². The number of rotatable bonds is 2. The number of nitrogens with one attached hydrogen (secondary N) is 1. The molecule has 1 aliphatic rings. The van der Waals surface area contributed by atoms with E-state index in [1.807, 2.05) is 13.8 Å². The van der Waals surface area contributed by atoms with Gasteiger partial charge in [-0.1, -0.05) is 44.5 Å². The number of aryl methyl sites for hydroxylation is 2. The van der Waals surface area contributed by atoms with Crippen LogP contribution in [0.15, 0.2) is 18.5 Å². The van der Waals surface area contributed by atoms with E-state index in [4.69, 9.17) is 23.2 Å². The number of halogens is 5. The Morgan fingerprint density at radius 3 is 2.19 bits per heavy atom. The molecule has 0 aliphatic carbocycles. The molecule has 32 heavy (non-hydrogen) atoms. The molecule has 0 atom stereocenters.